The minimum Gasteiger partial charge on any atom is -0.484 e. The van der Waals surface area contributed by atoms with Crippen LogP contribution < -0.4 is 10.1 Å². The molecule has 0 saturated heterocycles. The first-order valence-electron chi connectivity index (χ1n) is 4.18. The summed E-state index contributed by atoms with van der Waals surface area (Å²) in [4.78, 5) is 20.6. The molecule has 0 saturated carbocycles. The van der Waals surface area contributed by atoms with Crippen LogP contribution in [0, 0.1) is 21.6 Å². The zero-order valence-corrected chi connectivity index (χ0v) is 8.04. The van der Waals surface area contributed by atoms with Crippen molar-refractivity contribution >= 4 is 11.6 Å². The smallest absolute Gasteiger partial charge is 0.270 e. The van der Waals surface area contributed by atoms with Gasteiger partial charge in [0.25, 0.3) is 11.6 Å². The number of nitriles is 1. The van der Waals surface area contributed by atoms with Gasteiger partial charge in [0.1, 0.15) is 5.75 Å². The lowest BCUT2D eigenvalue weighted by atomic mass is 10.3. The van der Waals surface area contributed by atoms with E-state index in [1.165, 1.54) is 30.5 Å². The van der Waals surface area contributed by atoms with Gasteiger partial charge in [-0.15, -0.1) is 0 Å². The van der Waals surface area contributed by atoms with Crippen molar-refractivity contribution in [2.75, 3.05) is 6.61 Å². The van der Waals surface area contributed by atoms with Gasteiger partial charge >= 0.3 is 0 Å². The standard InChI is InChI=1S/C9H7N3O4/c10-6-11-9(13)5-16-8-3-1-7(2-4-8)12(14)15/h1-4H,5H2,(H,11,13). The molecule has 0 atom stereocenters. The minimum absolute atomic E-state index is 0.0613. The Balaban J connectivity index is 2.53. The van der Waals surface area contributed by atoms with Crippen molar-refractivity contribution in [1.82, 2.24) is 5.32 Å². The Morgan fingerprint density at radius 2 is 2.12 bits per heavy atom. The van der Waals surface area contributed by atoms with Crippen LogP contribution in [0.5, 0.6) is 5.75 Å². The second kappa shape index (κ2) is 5.31. The highest BCUT2D eigenvalue weighted by Crippen LogP contribution is 2.16. The van der Waals surface area contributed by atoms with Gasteiger partial charge in [-0.1, -0.05) is 0 Å². The number of benzene rings is 1. The Kier molecular flexibility index (Phi) is 3.80. The highest BCUT2D eigenvalue weighted by molar-refractivity contribution is 5.78. The van der Waals surface area contributed by atoms with Crippen molar-refractivity contribution in [3.8, 4) is 11.9 Å². The van der Waals surface area contributed by atoms with Gasteiger partial charge in [0.05, 0.1) is 4.92 Å². The Morgan fingerprint density at radius 1 is 1.50 bits per heavy atom. The summed E-state index contributed by atoms with van der Waals surface area (Å²) in [6.45, 7) is -0.314. The number of nitrogens with one attached hydrogen (secondary N) is 1. The van der Waals surface area contributed by atoms with E-state index in [-0.39, 0.29) is 12.3 Å². The molecule has 0 spiro atoms. The maximum Gasteiger partial charge on any atom is 0.270 e. The Labute approximate surface area is 90.4 Å². The van der Waals surface area contributed by atoms with Gasteiger partial charge in [-0.3, -0.25) is 20.2 Å². The molecular formula is C9H7N3O4. The van der Waals surface area contributed by atoms with Crippen LogP contribution in [0.4, 0.5) is 5.69 Å². The van der Waals surface area contributed by atoms with Gasteiger partial charge in [0, 0.05) is 12.1 Å². The first-order valence-corrected chi connectivity index (χ1v) is 4.18. The molecule has 0 aromatic heterocycles. The number of ether oxygens (including phenoxy) is 1. The quantitative estimate of drug-likeness (QED) is 0.346. The lowest BCUT2D eigenvalue weighted by Gasteiger charge is -2.03. The van der Waals surface area contributed by atoms with E-state index in [0.29, 0.717) is 5.75 Å². The van der Waals surface area contributed by atoms with Crippen molar-refractivity contribution in [3.05, 3.63) is 34.4 Å². The van der Waals surface area contributed by atoms with E-state index < -0.39 is 10.8 Å². The third-order valence-electron chi connectivity index (χ3n) is 1.61. The summed E-state index contributed by atoms with van der Waals surface area (Å²) in [7, 11) is 0. The Hall–Kier alpha value is -2.62. The maximum absolute atomic E-state index is 10.8. The predicted octanol–water partition coefficient (Wildman–Crippen LogP) is 0.571. The molecule has 1 rings (SSSR count). The Morgan fingerprint density at radius 3 is 2.62 bits per heavy atom. The number of nitro groups is 1. The number of hydrogen-bond acceptors (Lipinski definition) is 5. The molecule has 0 radical (unpaired) electrons. The molecule has 0 aliphatic heterocycles. The highest BCUT2D eigenvalue weighted by Gasteiger charge is 2.05. The van der Waals surface area contributed by atoms with E-state index in [4.69, 9.17) is 10.00 Å². The predicted molar refractivity (Wildman–Crippen MR) is 52.3 cm³/mol. The number of nitro benzene ring substituents is 1. The molecule has 7 heteroatoms. The topological polar surface area (TPSA) is 105 Å². The number of hydrogen-bond donors (Lipinski definition) is 1. The summed E-state index contributed by atoms with van der Waals surface area (Å²) in [5.41, 5.74) is -0.0613. The molecule has 0 aliphatic rings. The van der Waals surface area contributed by atoms with Crippen molar-refractivity contribution < 1.29 is 14.5 Å². The molecule has 0 bridgehead atoms. The number of amides is 1. The van der Waals surface area contributed by atoms with Crippen molar-refractivity contribution in [2.45, 2.75) is 0 Å². The molecule has 1 aromatic carbocycles. The summed E-state index contributed by atoms with van der Waals surface area (Å²) in [5.74, 6) is -0.264. The molecule has 16 heavy (non-hydrogen) atoms. The molecular weight excluding hydrogens is 214 g/mol. The fourth-order valence-electron chi connectivity index (χ4n) is 0.911. The summed E-state index contributed by atoms with van der Waals surface area (Å²) in [6, 6.07) is 5.27. The van der Waals surface area contributed by atoms with Gasteiger partial charge in [-0.05, 0) is 12.1 Å². The highest BCUT2D eigenvalue weighted by atomic mass is 16.6. The van der Waals surface area contributed by atoms with Crippen LogP contribution in [-0.4, -0.2) is 17.4 Å². The number of carbonyl (C=O) groups is 1. The number of carbonyl (C=O) groups excluding carboxylic acids is 1. The minimum atomic E-state index is -0.583. The van der Waals surface area contributed by atoms with Crippen molar-refractivity contribution in [2.24, 2.45) is 0 Å². The van der Waals surface area contributed by atoms with E-state index in [1.54, 1.807) is 0 Å². The van der Waals surface area contributed by atoms with Gasteiger partial charge in [-0.2, -0.15) is 5.26 Å². The second-order valence-electron chi connectivity index (χ2n) is 2.70. The molecule has 0 fully saturated rings. The van der Waals surface area contributed by atoms with Gasteiger partial charge in [-0.25, -0.2) is 0 Å². The molecule has 1 aromatic rings. The molecule has 0 unspecified atom stereocenters. The van der Waals surface area contributed by atoms with E-state index >= 15 is 0 Å². The number of rotatable bonds is 4. The monoisotopic (exact) mass is 221 g/mol. The zero-order chi connectivity index (χ0) is 12.0. The second-order valence-corrected chi connectivity index (χ2v) is 2.70. The third-order valence-corrected chi connectivity index (χ3v) is 1.61. The number of non-ortho nitro benzene ring substituents is 1. The number of nitrogens with zero attached hydrogens (tertiary/aromatic N) is 2. The van der Waals surface area contributed by atoms with Gasteiger partial charge in [0.15, 0.2) is 12.8 Å². The largest absolute Gasteiger partial charge is 0.484 e. The Bertz CT molecular complexity index is 435. The van der Waals surface area contributed by atoms with E-state index in [0.717, 1.165) is 0 Å². The van der Waals surface area contributed by atoms with Crippen LogP contribution in [0.1, 0.15) is 0 Å². The molecule has 0 heterocycles. The molecule has 1 N–H and O–H groups in total. The lowest BCUT2D eigenvalue weighted by Crippen LogP contribution is -2.24. The first-order chi connectivity index (χ1) is 7.63. The van der Waals surface area contributed by atoms with Crippen molar-refractivity contribution in [1.29, 1.82) is 5.26 Å². The first kappa shape index (κ1) is 11.5. The molecule has 1 amide bonds. The third kappa shape index (κ3) is 3.26. The summed E-state index contributed by atoms with van der Waals surface area (Å²) in [5, 5.41) is 20.3. The summed E-state index contributed by atoms with van der Waals surface area (Å²) < 4.78 is 4.97. The average Bonchev–Trinajstić information content (AvgIpc) is 2.27. The normalized spacial score (nSPS) is 8.94. The van der Waals surface area contributed by atoms with Crippen LogP contribution in [0.25, 0.3) is 0 Å². The molecule has 0 aliphatic carbocycles. The zero-order valence-electron chi connectivity index (χ0n) is 8.04. The lowest BCUT2D eigenvalue weighted by molar-refractivity contribution is -0.384. The van der Waals surface area contributed by atoms with Gasteiger partial charge in [0.2, 0.25) is 0 Å². The SMILES string of the molecule is N#CNC(=O)COc1ccc([N+](=O)[O-])cc1. The van der Waals surface area contributed by atoms with Crippen LogP contribution in [0.3, 0.4) is 0 Å². The summed E-state index contributed by atoms with van der Waals surface area (Å²) >= 11 is 0. The fourth-order valence-corrected chi connectivity index (χ4v) is 0.911. The average molecular weight is 221 g/mol. The summed E-state index contributed by atoms with van der Waals surface area (Å²) in [6.07, 6.45) is 1.46. The molecule has 7 nitrogen and oxygen atoms in total. The van der Waals surface area contributed by atoms with Crippen LogP contribution in [0.2, 0.25) is 0 Å². The van der Waals surface area contributed by atoms with Gasteiger partial charge < -0.3 is 4.74 Å². The van der Waals surface area contributed by atoms with E-state index in [1.807, 2.05) is 5.32 Å². The van der Waals surface area contributed by atoms with Crippen LogP contribution >= 0.6 is 0 Å². The van der Waals surface area contributed by atoms with E-state index in [9.17, 15) is 14.9 Å². The van der Waals surface area contributed by atoms with Crippen molar-refractivity contribution in [3.63, 3.8) is 0 Å². The fraction of sp³-hybridized carbons (Fsp3) is 0.111. The van der Waals surface area contributed by atoms with Crippen LogP contribution in [-0.2, 0) is 4.79 Å². The molecule has 82 valence electrons. The van der Waals surface area contributed by atoms with E-state index in [2.05, 4.69) is 0 Å². The maximum atomic E-state index is 10.8. The van der Waals surface area contributed by atoms with Crippen LogP contribution in [0.15, 0.2) is 24.3 Å².